The lowest BCUT2D eigenvalue weighted by Crippen LogP contribution is -2.54. The third-order valence-corrected chi connectivity index (χ3v) is 11.1. The summed E-state index contributed by atoms with van der Waals surface area (Å²) in [5.74, 6) is -2.98. The molecule has 15 nitrogen and oxygen atoms in total. The molecule has 1 heterocycles. The van der Waals surface area contributed by atoms with E-state index in [1.165, 1.54) is 29.4 Å². The minimum atomic E-state index is -0.602. The second kappa shape index (κ2) is 23.8. The van der Waals surface area contributed by atoms with E-state index >= 15 is 0 Å². The van der Waals surface area contributed by atoms with Gasteiger partial charge in [0.15, 0.2) is 0 Å². The first kappa shape index (κ1) is 47.0. The van der Waals surface area contributed by atoms with Gasteiger partial charge in [-0.3, -0.25) is 28.8 Å². The fourth-order valence-corrected chi connectivity index (χ4v) is 7.28. The first-order chi connectivity index (χ1) is 28.9. The Labute approximate surface area is 354 Å². The van der Waals surface area contributed by atoms with Crippen LogP contribution in [0.4, 0.5) is 0 Å². The molecule has 3 atom stereocenters. The molecule has 1 unspecified atom stereocenters. The second-order valence-corrected chi connectivity index (χ2v) is 15.2. The molecular weight excluding hydrogens is 763 g/mol. The minimum Gasteiger partial charge on any atom is -0.332 e. The lowest BCUT2D eigenvalue weighted by atomic mass is 10.1. The van der Waals surface area contributed by atoms with Crippen LogP contribution in [0.15, 0.2) is 91.0 Å². The molecule has 4 rings (SSSR count). The van der Waals surface area contributed by atoms with E-state index in [9.17, 15) is 28.8 Å². The quantitative estimate of drug-likeness (QED) is 0.206. The fourth-order valence-electron chi connectivity index (χ4n) is 7.28. The summed E-state index contributed by atoms with van der Waals surface area (Å²) in [6, 6.07) is 25.9. The topological polar surface area (TPSA) is 200 Å². The van der Waals surface area contributed by atoms with Crippen LogP contribution in [0.1, 0.15) is 74.8 Å². The van der Waals surface area contributed by atoms with Gasteiger partial charge in [0.1, 0.15) is 19.6 Å². The molecule has 15 heteroatoms. The van der Waals surface area contributed by atoms with E-state index in [0.29, 0.717) is 19.3 Å². The van der Waals surface area contributed by atoms with Crippen LogP contribution in [0.2, 0.25) is 0 Å². The number of hydrogen-bond acceptors (Lipinski definition) is 9. The van der Waals surface area contributed by atoms with Crippen molar-refractivity contribution in [2.45, 2.75) is 58.2 Å². The van der Waals surface area contributed by atoms with E-state index in [1.807, 2.05) is 91.0 Å². The molecule has 1 fully saturated rings. The third kappa shape index (κ3) is 13.2. The molecule has 0 bridgehead atoms. The van der Waals surface area contributed by atoms with Crippen molar-refractivity contribution in [1.82, 2.24) is 29.4 Å². The van der Waals surface area contributed by atoms with E-state index in [2.05, 4.69) is 0 Å². The molecule has 6 N–H and O–H groups in total. The lowest BCUT2D eigenvalue weighted by Gasteiger charge is -2.37. The summed E-state index contributed by atoms with van der Waals surface area (Å²) in [6.07, 6.45) is 1.13. The predicted octanol–water partition coefficient (Wildman–Crippen LogP) is 2.30. The van der Waals surface area contributed by atoms with Crippen LogP contribution in [-0.2, 0) is 28.8 Å². The van der Waals surface area contributed by atoms with E-state index in [1.54, 1.807) is 20.8 Å². The van der Waals surface area contributed by atoms with Gasteiger partial charge >= 0.3 is 0 Å². The molecule has 60 heavy (non-hydrogen) atoms. The molecule has 1 aliphatic rings. The Kier molecular flexibility index (Phi) is 18.7. The summed E-state index contributed by atoms with van der Waals surface area (Å²) >= 11 is 0. The number of carbonyl (C=O) groups excluding carboxylic acids is 6. The average Bonchev–Trinajstić information content (AvgIpc) is 3.27. The number of hydrogen-bond donors (Lipinski definition) is 3. The van der Waals surface area contributed by atoms with E-state index in [4.69, 9.17) is 17.2 Å². The molecule has 0 radical (unpaired) electrons. The monoisotopic (exact) mass is 825 g/mol. The first-order valence-electron chi connectivity index (χ1n) is 20.9. The summed E-state index contributed by atoms with van der Waals surface area (Å²) in [5.41, 5.74) is 20.0. The average molecular weight is 826 g/mol. The van der Waals surface area contributed by atoms with Gasteiger partial charge in [0, 0.05) is 19.6 Å². The molecule has 0 aliphatic carbocycles. The zero-order valence-corrected chi connectivity index (χ0v) is 35.4. The number of carbonyl (C=O) groups is 6. The number of amides is 6. The van der Waals surface area contributed by atoms with Crippen LogP contribution < -0.4 is 17.2 Å². The molecule has 1 saturated heterocycles. The highest BCUT2D eigenvalue weighted by molar-refractivity contribution is 5.94. The van der Waals surface area contributed by atoms with Crippen LogP contribution in [0, 0.1) is 0 Å². The number of rotatable bonds is 15. The fraction of sp³-hybridized carbons (Fsp3) is 0.467. The van der Waals surface area contributed by atoms with Crippen molar-refractivity contribution >= 4 is 35.4 Å². The zero-order valence-electron chi connectivity index (χ0n) is 35.4. The Morgan fingerprint density at radius 1 is 0.383 bits per heavy atom. The lowest BCUT2D eigenvalue weighted by molar-refractivity contribution is -0.152. The molecule has 1 aliphatic heterocycles. The van der Waals surface area contributed by atoms with Gasteiger partial charge < -0.3 is 46.6 Å². The molecule has 6 amide bonds. The van der Waals surface area contributed by atoms with Gasteiger partial charge in [0.2, 0.25) is 35.4 Å². The van der Waals surface area contributed by atoms with Gasteiger partial charge in [-0.05, 0) is 76.4 Å². The van der Waals surface area contributed by atoms with Crippen LogP contribution >= 0.6 is 0 Å². The van der Waals surface area contributed by atoms with E-state index in [0.717, 1.165) is 16.7 Å². The maximum Gasteiger partial charge on any atom is 0.243 e. The summed E-state index contributed by atoms with van der Waals surface area (Å²) in [5, 5.41) is 0. The standard InChI is InChI=1S/C45H63N9O6/c1-34(37-16-7-4-8-17-37)52-31-40(55)50(26-14-23-47)29-44(59)54(36(3)39-20-11-6-12-21-39)33-42(57)51(27-15-24-48)30-45(60)53(35(2)38-18-9-5-10-19-38)32-41(56)49(25-13-22-46)28-43(52)58/h4-12,16-21,34-36H,13-15,22-33,46-48H2,1-3H3/t34-,35-,36?/m0/s1. The van der Waals surface area contributed by atoms with Gasteiger partial charge in [-0.15, -0.1) is 0 Å². The third-order valence-electron chi connectivity index (χ3n) is 11.1. The van der Waals surface area contributed by atoms with E-state index in [-0.39, 0.29) is 39.3 Å². The van der Waals surface area contributed by atoms with Crippen LogP contribution in [-0.4, -0.2) is 143 Å². The molecular formula is C45H63N9O6. The summed E-state index contributed by atoms with van der Waals surface area (Å²) < 4.78 is 0. The number of nitrogens with two attached hydrogens (primary N) is 3. The summed E-state index contributed by atoms with van der Waals surface area (Å²) in [6.45, 7) is 4.13. The van der Waals surface area contributed by atoms with Crippen LogP contribution in [0.3, 0.4) is 0 Å². The predicted molar refractivity (Wildman–Crippen MR) is 230 cm³/mol. The Bertz CT molecular complexity index is 1640. The maximum atomic E-state index is 14.6. The van der Waals surface area contributed by atoms with Crippen molar-refractivity contribution in [1.29, 1.82) is 0 Å². The van der Waals surface area contributed by atoms with Gasteiger partial charge in [-0.2, -0.15) is 0 Å². The van der Waals surface area contributed by atoms with Gasteiger partial charge in [0.25, 0.3) is 0 Å². The molecule has 3 aromatic rings. The first-order valence-corrected chi connectivity index (χ1v) is 20.9. The molecule has 0 saturated carbocycles. The van der Waals surface area contributed by atoms with Gasteiger partial charge in [0.05, 0.1) is 37.8 Å². The number of nitrogens with zero attached hydrogens (tertiary/aromatic N) is 6. The van der Waals surface area contributed by atoms with Crippen molar-refractivity contribution in [2.24, 2.45) is 17.2 Å². The Balaban J connectivity index is 1.86. The van der Waals surface area contributed by atoms with Crippen molar-refractivity contribution in [3.8, 4) is 0 Å². The maximum absolute atomic E-state index is 14.6. The van der Waals surface area contributed by atoms with Gasteiger partial charge in [-0.1, -0.05) is 91.0 Å². The Morgan fingerprint density at radius 3 is 0.833 bits per heavy atom. The van der Waals surface area contributed by atoms with Crippen molar-refractivity contribution < 1.29 is 28.8 Å². The van der Waals surface area contributed by atoms with E-state index < -0.39 is 92.8 Å². The Hall–Kier alpha value is -5.64. The highest BCUT2D eigenvalue weighted by atomic mass is 16.2. The van der Waals surface area contributed by atoms with Crippen LogP contribution in [0.25, 0.3) is 0 Å². The normalized spacial score (nSPS) is 17.5. The number of benzene rings is 3. The SMILES string of the molecule is CC(c1ccccc1)N1CC(=O)N(CCCN)CC(=O)N([C@@H](C)c2ccccc2)CC(=O)N(CCCN)CC(=O)N([C@@H](C)c2ccccc2)CC(=O)N(CCCN)CC1=O. The minimum absolute atomic E-state index is 0.123. The molecule has 0 spiro atoms. The molecule has 3 aromatic carbocycles. The second-order valence-electron chi connectivity index (χ2n) is 15.2. The largest absolute Gasteiger partial charge is 0.332 e. The highest BCUT2D eigenvalue weighted by Gasteiger charge is 2.35. The zero-order chi connectivity index (χ0) is 43.6. The smallest absolute Gasteiger partial charge is 0.243 e. The Morgan fingerprint density at radius 2 is 0.617 bits per heavy atom. The molecule has 0 aromatic heterocycles. The van der Waals surface area contributed by atoms with Crippen molar-refractivity contribution in [2.75, 3.05) is 78.5 Å². The van der Waals surface area contributed by atoms with Crippen molar-refractivity contribution in [3.63, 3.8) is 0 Å². The summed E-state index contributed by atoms with van der Waals surface area (Å²) in [4.78, 5) is 95.3. The summed E-state index contributed by atoms with van der Waals surface area (Å²) in [7, 11) is 0. The van der Waals surface area contributed by atoms with Crippen LogP contribution in [0.5, 0.6) is 0 Å². The molecule has 324 valence electrons. The van der Waals surface area contributed by atoms with Crippen molar-refractivity contribution in [3.05, 3.63) is 108 Å². The van der Waals surface area contributed by atoms with Gasteiger partial charge in [-0.25, -0.2) is 0 Å². The highest BCUT2D eigenvalue weighted by Crippen LogP contribution is 2.25.